The van der Waals surface area contributed by atoms with Gasteiger partial charge in [0.2, 0.25) is 0 Å². The van der Waals surface area contributed by atoms with Gasteiger partial charge in [0.25, 0.3) is 0 Å². The Balaban J connectivity index is 1.77. The lowest BCUT2D eigenvalue weighted by Gasteiger charge is -2.04. The molecule has 0 aliphatic rings. The van der Waals surface area contributed by atoms with Gasteiger partial charge in [-0.15, -0.1) is 5.10 Å². The van der Waals surface area contributed by atoms with Gasteiger partial charge in [-0.25, -0.2) is 4.79 Å². The molecule has 3 aromatic rings. The Morgan fingerprint density at radius 1 is 1.04 bits per heavy atom. The second-order valence-electron chi connectivity index (χ2n) is 5.06. The minimum absolute atomic E-state index is 0.0962. The number of H-pyrrole nitrogens is 1. The third kappa shape index (κ3) is 3.33. The van der Waals surface area contributed by atoms with Crippen molar-refractivity contribution in [3.05, 3.63) is 65.5 Å². The van der Waals surface area contributed by atoms with Crippen molar-refractivity contribution in [3.63, 3.8) is 0 Å². The maximum atomic E-state index is 11.0. The van der Waals surface area contributed by atoms with Crippen molar-refractivity contribution in [1.82, 2.24) is 15.4 Å². The third-order valence-electron chi connectivity index (χ3n) is 3.55. The second kappa shape index (κ2) is 6.78. The molecule has 2 N–H and O–H groups in total. The Morgan fingerprint density at radius 3 is 2.25 bits per heavy atom. The van der Waals surface area contributed by atoms with Crippen LogP contribution in [0.3, 0.4) is 0 Å². The average Bonchev–Trinajstić information content (AvgIpc) is 3.09. The normalized spacial score (nSPS) is 10.9. The van der Waals surface area contributed by atoms with Gasteiger partial charge in [-0.2, -0.15) is 0 Å². The molecule has 120 valence electrons. The van der Waals surface area contributed by atoms with Crippen molar-refractivity contribution in [3.8, 4) is 16.9 Å². The monoisotopic (exact) mass is 321 g/mol. The molecule has 0 amide bonds. The standard InChI is InChI=1S/C18H15N3O3/c1-24-15-9-7-14(8-10-15)13-5-2-12(3-6-13)4-11-16-17(18(22)23)20-21-19-16/h2-11H,1H3,(H,22,23)(H,19,20,21). The SMILES string of the molecule is COc1ccc(-c2ccc(C=Cc3[nH]nnc3C(=O)O)cc2)cc1. The van der Waals surface area contributed by atoms with Crippen LogP contribution >= 0.6 is 0 Å². The molecule has 0 aliphatic heterocycles. The van der Waals surface area contributed by atoms with E-state index >= 15 is 0 Å². The zero-order valence-corrected chi connectivity index (χ0v) is 12.9. The summed E-state index contributed by atoms with van der Waals surface area (Å²) in [6.07, 6.45) is 3.45. The van der Waals surface area contributed by atoms with Crippen molar-refractivity contribution in [2.24, 2.45) is 0 Å². The number of carbonyl (C=O) groups is 1. The predicted molar refractivity (Wildman–Crippen MR) is 90.7 cm³/mol. The van der Waals surface area contributed by atoms with Crippen molar-refractivity contribution in [2.75, 3.05) is 7.11 Å². The molecular weight excluding hydrogens is 306 g/mol. The molecule has 0 unspecified atom stereocenters. The van der Waals surface area contributed by atoms with E-state index in [0.717, 1.165) is 22.4 Å². The quantitative estimate of drug-likeness (QED) is 0.752. The summed E-state index contributed by atoms with van der Waals surface area (Å²) in [5, 5.41) is 18.6. The van der Waals surface area contributed by atoms with Gasteiger partial charge in [-0.1, -0.05) is 47.7 Å². The summed E-state index contributed by atoms with van der Waals surface area (Å²) in [4.78, 5) is 11.0. The summed E-state index contributed by atoms with van der Waals surface area (Å²) in [5.41, 5.74) is 3.39. The number of rotatable bonds is 5. The van der Waals surface area contributed by atoms with E-state index in [1.165, 1.54) is 0 Å². The molecule has 0 aliphatic carbocycles. The summed E-state index contributed by atoms with van der Waals surface area (Å²) < 4.78 is 5.15. The van der Waals surface area contributed by atoms with Crippen LogP contribution < -0.4 is 4.74 Å². The van der Waals surface area contributed by atoms with Crippen LogP contribution in [0.4, 0.5) is 0 Å². The smallest absolute Gasteiger partial charge is 0.358 e. The van der Waals surface area contributed by atoms with Crippen LogP contribution in [0.5, 0.6) is 5.75 Å². The van der Waals surface area contributed by atoms with Crippen LogP contribution in [0.2, 0.25) is 0 Å². The highest BCUT2D eigenvalue weighted by Gasteiger charge is 2.11. The first-order chi connectivity index (χ1) is 11.7. The first-order valence-electron chi connectivity index (χ1n) is 7.24. The van der Waals surface area contributed by atoms with Gasteiger partial charge in [0, 0.05) is 0 Å². The zero-order chi connectivity index (χ0) is 16.9. The number of aromatic carboxylic acids is 1. The van der Waals surface area contributed by atoms with E-state index in [-0.39, 0.29) is 5.69 Å². The molecule has 0 atom stereocenters. The second-order valence-corrected chi connectivity index (χ2v) is 5.06. The molecule has 1 aromatic heterocycles. The van der Waals surface area contributed by atoms with Gasteiger partial charge >= 0.3 is 5.97 Å². The lowest BCUT2D eigenvalue weighted by molar-refractivity contribution is 0.0690. The third-order valence-corrected chi connectivity index (χ3v) is 3.55. The molecule has 0 fully saturated rings. The molecular formula is C18H15N3O3. The minimum atomic E-state index is -1.11. The van der Waals surface area contributed by atoms with E-state index in [1.807, 2.05) is 48.5 Å². The summed E-state index contributed by atoms with van der Waals surface area (Å²) >= 11 is 0. The van der Waals surface area contributed by atoms with Gasteiger partial charge in [0.1, 0.15) is 5.75 Å². The Labute approximate surface area is 138 Å². The van der Waals surface area contributed by atoms with E-state index in [2.05, 4.69) is 15.4 Å². The zero-order valence-electron chi connectivity index (χ0n) is 12.9. The molecule has 24 heavy (non-hydrogen) atoms. The molecule has 0 bridgehead atoms. The van der Waals surface area contributed by atoms with E-state index in [1.54, 1.807) is 19.3 Å². The number of ether oxygens (including phenoxy) is 1. The van der Waals surface area contributed by atoms with Crippen LogP contribution in [0.1, 0.15) is 21.7 Å². The summed E-state index contributed by atoms with van der Waals surface area (Å²) in [6.45, 7) is 0. The van der Waals surface area contributed by atoms with Gasteiger partial charge in [0.05, 0.1) is 12.8 Å². The first kappa shape index (κ1) is 15.5. The lowest BCUT2D eigenvalue weighted by atomic mass is 10.0. The fraction of sp³-hybridized carbons (Fsp3) is 0.0556. The van der Waals surface area contributed by atoms with E-state index < -0.39 is 5.97 Å². The number of carboxylic acids is 1. The summed E-state index contributed by atoms with van der Waals surface area (Å²) in [7, 11) is 1.64. The molecule has 0 saturated carbocycles. The Morgan fingerprint density at radius 2 is 1.67 bits per heavy atom. The fourth-order valence-corrected chi connectivity index (χ4v) is 2.26. The van der Waals surface area contributed by atoms with Crippen molar-refractivity contribution in [1.29, 1.82) is 0 Å². The molecule has 0 radical (unpaired) electrons. The number of aromatic amines is 1. The topological polar surface area (TPSA) is 88.1 Å². The van der Waals surface area contributed by atoms with E-state index in [0.29, 0.717) is 5.69 Å². The molecule has 2 aromatic carbocycles. The highest BCUT2D eigenvalue weighted by molar-refractivity contribution is 5.90. The highest BCUT2D eigenvalue weighted by atomic mass is 16.5. The van der Waals surface area contributed by atoms with Gasteiger partial charge in [-0.3, -0.25) is 5.10 Å². The Bertz CT molecular complexity index is 865. The summed E-state index contributed by atoms with van der Waals surface area (Å²) in [6, 6.07) is 15.8. The number of benzene rings is 2. The molecule has 1 heterocycles. The van der Waals surface area contributed by atoms with Crippen LogP contribution in [0.25, 0.3) is 23.3 Å². The van der Waals surface area contributed by atoms with E-state index in [9.17, 15) is 4.79 Å². The minimum Gasteiger partial charge on any atom is -0.497 e. The van der Waals surface area contributed by atoms with Crippen LogP contribution in [-0.2, 0) is 0 Å². The number of aromatic nitrogens is 3. The van der Waals surface area contributed by atoms with Crippen LogP contribution in [0, 0.1) is 0 Å². The van der Waals surface area contributed by atoms with Crippen molar-refractivity contribution in [2.45, 2.75) is 0 Å². The number of hydrogen-bond donors (Lipinski definition) is 2. The molecule has 6 nitrogen and oxygen atoms in total. The first-order valence-corrected chi connectivity index (χ1v) is 7.24. The van der Waals surface area contributed by atoms with Gasteiger partial charge in [-0.05, 0) is 34.9 Å². The summed E-state index contributed by atoms with van der Waals surface area (Å²) in [5.74, 6) is -0.293. The number of carboxylic acid groups (broad SMARTS) is 1. The molecule has 6 heteroatoms. The maximum absolute atomic E-state index is 11.0. The van der Waals surface area contributed by atoms with Crippen LogP contribution in [0.15, 0.2) is 48.5 Å². The predicted octanol–water partition coefficient (Wildman–Crippen LogP) is 3.35. The van der Waals surface area contributed by atoms with E-state index in [4.69, 9.17) is 9.84 Å². The number of nitrogens with zero attached hydrogens (tertiary/aromatic N) is 2. The Hall–Kier alpha value is -3.41. The maximum Gasteiger partial charge on any atom is 0.358 e. The lowest BCUT2D eigenvalue weighted by Crippen LogP contribution is -1.98. The molecule has 3 rings (SSSR count). The number of methoxy groups -OCH3 is 1. The molecule has 0 saturated heterocycles. The highest BCUT2D eigenvalue weighted by Crippen LogP contribution is 2.23. The van der Waals surface area contributed by atoms with Gasteiger partial charge < -0.3 is 9.84 Å². The van der Waals surface area contributed by atoms with Gasteiger partial charge in [0.15, 0.2) is 5.69 Å². The van der Waals surface area contributed by atoms with Crippen molar-refractivity contribution < 1.29 is 14.6 Å². The number of hydrogen-bond acceptors (Lipinski definition) is 4. The largest absolute Gasteiger partial charge is 0.497 e. The van der Waals surface area contributed by atoms with Crippen LogP contribution in [-0.4, -0.2) is 33.6 Å². The van der Waals surface area contributed by atoms with Crippen molar-refractivity contribution >= 4 is 18.1 Å². The Kier molecular flexibility index (Phi) is 4.38. The number of nitrogens with one attached hydrogen (secondary N) is 1. The molecule has 0 spiro atoms. The average molecular weight is 321 g/mol. The fourth-order valence-electron chi connectivity index (χ4n) is 2.26.